The number of aromatic nitrogens is 1. The van der Waals surface area contributed by atoms with Crippen LogP contribution in [0.15, 0.2) is 38.1 Å². The molecule has 0 aliphatic rings. The Kier molecular flexibility index (Phi) is 8.75. The van der Waals surface area contributed by atoms with Gasteiger partial charge in [0, 0.05) is 24.6 Å². The first kappa shape index (κ1) is 21.0. The second-order valence-corrected chi connectivity index (χ2v) is 6.32. The average Bonchev–Trinajstić information content (AvgIpc) is 2.84. The molecule has 1 aromatic heterocycles. The first-order valence-electron chi connectivity index (χ1n) is 7.66. The van der Waals surface area contributed by atoms with Crippen LogP contribution in [0.4, 0.5) is 0 Å². The number of hydrogen-bond donors (Lipinski definition) is 1. The summed E-state index contributed by atoms with van der Waals surface area (Å²) < 4.78 is 6.67. The second-order valence-electron chi connectivity index (χ2n) is 5.40. The summed E-state index contributed by atoms with van der Waals surface area (Å²) in [4.78, 5) is 11.1. The molecule has 0 amide bonds. The molecule has 0 aliphatic heterocycles. The van der Waals surface area contributed by atoms with E-state index < -0.39 is 0 Å². The van der Waals surface area contributed by atoms with Crippen molar-refractivity contribution in [1.29, 1.82) is 0 Å². The van der Waals surface area contributed by atoms with Crippen LogP contribution in [0.5, 0.6) is 0 Å². The molecule has 2 rings (SSSR count). The van der Waals surface area contributed by atoms with E-state index in [2.05, 4.69) is 55.2 Å². The summed E-state index contributed by atoms with van der Waals surface area (Å²) in [7, 11) is 2.02. The van der Waals surface area contributed by atoms with Crippen LogP contribution in [0.2, 0.25) is 0 Å². The highest BCUT2D eigenvalue weighted by atomic mass is 127. The van der Waals surface area contributed by atoms with Gasteiger partial charge in [0.1, 0.15) is 12.3 Å². The lowest BCUT2D eigenvalue weighted by atomic mass is 10.2. The number of rotatable bonds is 5. The zero-order valence-corrected chi connectivity index (χ0v) is 18.4. The van der Waals surface area contributed by atoms with E-state index in [4.69, 9.17) is 4.42 Å². The van der Waals surface area contributed by atoms with E-state index in [-0.39, 0.29) is 24.0 Å². The van der Waals surface area contributed by atoms with Crippen molar-refractivity contribution in [2.45, 2.75) is 33.9 Å². The third kappa shape index (κ3) is 6.08. The minimum Gasteiger partial charge on any atom is -0.444 e. The van der Waals surface area contributed by atoms with Gasteiger partial charge in [-0.05, 0) is 38.5 Å². The van der Waals surface area contributed by atoms with Crippen molar-refractivity contribution in [3.63, 3.8) is 0 Å². The molecule has 5 nitrogen and oxygen atoms in total. The highest BCUT2D eigenvalue weighted by Gasteiger charge is 2.09. The molecule has 1 aromatic carbocycles. The predicted molar refractivity (Wildman–Crippen MR) is 112 cm³/mol. The van der Waals surface area contributed by atoms with Gasteiger partial charge in [-0.3, -0.25) is 0 Å². The van der Waals surface area contributed by atoms with Crippen molar-refractivity contribution in [1.82, 2.24) is 15.2 Å². The lowest BCUT2D eigenvalue weighted by Gasteiger charge is -2.22. The molecule has 7 heteroatoms. The Morgan fingerprint density at radius 1 is 1.29 bits per heavy atom. The van der Waals surface area contributed by atoms with Crippen LogP contribution < -0.4 is 5.32 Å². The van der Waals surface area contributed by atoms with E-state index in [0.717, 1.165) is 35.0 Å². The fraction of sp³-hybridized carbons (Fsp3) is 0.412. The maximum atomic E-state index is 5.58. The molecule has 0 saturated carbocycles. The van der Waals surface area contributed by atoms with Crippen molar-refractivity contribution in [3.05, 3.63) is 51.6 Å². The molecule has 0 bridgehead atoms. The van der Waals surface area contributed by atoms with Crippen LogP contribution in [0.25, 0.3) is 0 Å². The van der Waals surface area contributed by atoms with Crippen molar-refractivity contribution < 1.29 is 4.42 Å². The molecule has 0 atom stereocenters. The van der Waals surface area contributed by atoms with Crippen molar-refractivity contribution in [2.75, 3.05) is 13.6 Å². The number of guanidine groups is 1. The Balaban J connectivity index is 0.00000288. The summed E-state index contributed by atoms with van der Waals surface area (Å²) in [6, 6.07) is 8.30. The van der Waals surface area contributed by atoms with Gasteiger partial charge in [-0.25, -0.2) is 9.98 Å². The lowest BCUT2D eigenvalue weighted by molar-refractivity contribution is 0.458. The van der Waals surface area contributed by atoms with Gasteiger partial charge >= 0.3 is 0 Å². The predicted octanol–water partition coefficient (Wildman–Crippen LogP) is 4.27. The molecule has 132 valence electrons. The van der Waals surface area contributed by atoms with Gasteiger partial charge in [-0.2, -0.15) is 0 Å². The number of aryl methyl sites for hydroxylation is 2. The van der Waals surface area contributed by atoms with Gasteiger partial charge in [0.05, 0.1) is 5.69 Å². The van der Waals surface area contributed by atoms with E-state index in [1.807, 2.05) is 33.0 Å². The summed E-state index contributed by atoms with van der Waals surface area (Å²) in [6.45, 7) is 7.94. The molecular weight excluding hydrogens is 483 g/mol. The van der Waals surface area contributed by atoms with E-state index in [1.54, 1.807) is 0 Å². The summed E-state index contributed by atoms with van der Waals surface area (Å²) in [5.74, 6) is 2.33. The Bertz CT molecular complexity index is 650. The van der Waals surface area contributed by atoms with Gasteiger partial charge < -0.3 is 14.6 Å². The Morgan fingerprint density at radius 3 is 2.50 bits per heavy atom. The number of aliphatic imine (C=N–C) groups is 1. The molecule has 0 spiro atoms. The molecule has 24 heavy (non-hydrogen) atoms. The third-order valence-electron chi connectivity index (χ3n) is 3.47. The summed E-state index contributed by atoms with van der Waals surface area (Å²) in [5, 5.41) is 3.30. The maximum absolute atomic E-state index is 5.58. The first-order valence-corrected chi connectivity index (χ1v) is 8.45. The van der Waals surface area contributed by atoms with Crippen LogP contribution >= 0.6 is 39.9 Å². The molecule has 0 radical (unpaired) electrons. The minimum atomic E-state index is 0. The van der Waals surface area contributed by atoms with Crippen LogP contribution in [0.3, 0.4) is 0 Å². The van der Waals surface area contributed by atoms with Crippen LogP contribution in [-0.4, -0.2) is 29.4 Å². The Morgan fingerprint density at radius 2 is 1.96 bits per heavy atom. The van der Waals surface area contributed by atoms with E-state index in [1.165, 1.54) is 5.56 Å². The van der Waals surface area contributed by atoms with Crippen LogP contribution in [0.1, 0.15) is 29.8 Å². The van der Waals surface area contributed by atoms with Gasteiger partial charge in [0.2, 0.25) is 5.89 Å². The number of hydrogen-bond acceptors (Lipinski definition) is 3. The molecule has 1 N–H and O–H groups in total. The molecule has 0 aliphatic carbocycles. The fourth-order valence-corrected chi connectivity index (χ4v) is 2.42. The summed E-state index contributed by atoms with van der Waals surface area (Å²) in [6.07, 6.45) is 0. The van der Waals surface area contributed by atoms with E-state index in [0.29, 0.717) is 12.4 Å². The van der Waals surface area contributed by atoms with Crippen molar-refractivity contribution in [2.24, 2.45) is 4.99 Å². The zero-order chi connectivity index (χ0) is 16.8. The van der Waals surface area contributed by atoms with Gasteiger partial charge in [0.15, 0.2) is 5.96 Å². The van der Waals surface area contributed by atoms with Gasteiger partial charge in [-0.1, -0.05) is 28.1 Å². The van der Waals surface area contributed by atoms with Crippen LogP contribution in [0, 0.1) is 13.8 Å². The number of oxazole rings is 1. The third-order valence-corrected chi connectivity index (χ3v) is 4.00. The monoisotopic (exact) mass is 506 g/mol. The molecule has 0 unspecified atom stereocenters. The first-order chi connectivity index (χ1) is 11.0. The normalized spacial score (nSPS) is 11.1. The molecule has 0 saturated heterocycles. The Hall–Kier alpha value is -1.09. The smallest absolute Gasteiger partial charge is 0.216 e. The maximum Gasteiger partial charge on any atom is 0.216 e. The van der Waals surface area contributed by atoms with Crippen LogP contribution in [-0.2, 0) is 13.1 Å². The molecule has 0 fully saturated rings. The summed E-state index contributed by atoms with van der Waals surface area (Å²) >= 11 is 3.46. The van der Waals surface area contributed by atoms with Crippen molar-refractivity contribution in [3.8, 4) is 0 Å². The SMILES string of the molecule is CCNC(=NCc1nc(C)c(C)o1)N(C)Cc1ccc(Br)cc1.I. The molecule has 2 aromatic rings. The highest BCUT2D eigenvalue weighted by molar-refractivity contribution is 14.0. The number of nitrogens with zero attached hydrogens (tertiary/aromatic N) is 3. The quantitative estimate of drug-likeness (QED) is 0.374. The number of nitrogens with one attached hydrogen (secondary N) is 1. The standard InChI is InChI=1S/C17H23BrN4O.HI/c1-5-19-17(20-10-16-21-12(2)13(3)23-16)22(4)11-14-6-8-15(18)9-7-14;/h6-9H,5,10-11H2,1-4H3,(H,19,20);1H. The van der Waals surface area contributed by atoms with Gasteiger partial charge in [0.25, 0.3) is 0 Å². The fourth-order valence-electron chi connectivity index (χ4n) is 2.16. The highest BCUT2D eigenvalue weighted by Crippen LogP contribution is 2.12. The Labute approximate surface area is 169 Å². The lowest BCUT2D eigenvalue weighted by Crippen LogP contribution is -2.38. The zero-order valence-electron chi connectivity index (χ0n) is 14.5. The second kappa shape index (κ2) is 10.0. The summed E-state index contributed by atoms with van der Waals surface area (Å²) in [5.41, 5.74) is 2.15. The van der Waals surface area contributed by atoms with E-state index in [9.17, 15) is 0 Å². The van der Waals surface area contributed by atoms with Gasteiger partial charge in [-0.15, -0.1) is 24.0 Å². The van der Waals surface area contributed by atoms with E-state index >= 15 is 0 Å². The largest absolute Gasteiger partial charge is 0.444 e. The number of halogens is 2. The molecule has 1 heterocycles. The topological polar surface area (TPSA) is 53.7 Å². The van der Waals surface area contributed by atoms with Crippen molar-refractivity contribution >= 4 is 45.9 Å². The molecular formula is C17H24BrIN4O. The number of benzene rings is 1. The average molecular weight is 507 g/mol. The minimum absolute atomic E-state index is 0.